The molecule has 1 atom stereocenters. The van der Waals surface area contributed by atoms with Crippen LogP contribution in [-0.2, 0) is 0 Å². The van der Waals surface area contributed by atoms with Crippen molar-refractivity contribution in [3.63, 3.8) is 0 Å². The molecule has 0 aliphatic heterocycles. The highest BCUT2D eigenvalue weighted by molar-refractivity contribution is 7.12. The van der Waals surface area contributed by atoms with E-state index in [9.17, 15) is 4.79 Å². The summed E-state index contributed by atoms with van der Waals surface area (Å²) in [6, 6.07) is 5.84. The second-order valence-electron chi connectivity index (χ2n) is 4.07. The fourth-order valence-electron chi connectivity index (χ4n) is 1.81. The molecule has 0 fully saturated rings. The van der Waals surface area contributed by atoms with Gasteiger partial charge in [0.25, 0.3) is 5.91 Å². The molecule has 5 heteroatoms. The molecular formula is C15H15NO2S2. The lowest BCUT2D eigenvalue weighted by molar-refractivity contribution is 0.0940. The maximum Gasteiger partial charge on any atom is 0.263 e. The second kappa shape index (κ2) is 7.25. The molecular weight excluding hydrogens is 290 g/mol. The predicted octanol–water partition coefficient (Wildman–Crippen LogP) is 3.03. The Labute approximate surface area is 126 Å². The van der Waals surface area contributed by atoms with E-state index in [1.54, 1.807) is 17.4 Å². The van der Waals surface area contributed by atoms with Gasteiger partial charge in [-0.15, -0.1) is 22.7 Å². The number of carbonyl (C=O) groups is 1. The quantitative estimate of drug-likeness (QED) is 0.853. The van der Waals surface area contributed by atoms with Gasteiger partial charge in [0, 0.05) is 10.4 Å². The van der Waals surface area contributed by atoms with E-state index in [4.69, 9.17) is 5.11 Å². The van der Waals surface area contributed by atoms with Crippen molar-refractivity contribution >= 4 is 28.6 Å². The third kappa shape index (κ3) is 3.48. The molecule has 1 amide bonds. The van der Waals surface area contributed by atoms with E-state index in [1.165, 1.54) is 11.3 Å². The van der Waals surface area contributed by atoms with Gasteiger partial charge < -0.3 is 10.4 Å². The van der Waals surface area contributed by atoms with E-state index in [0.29, 0.717) is 10.4 Å². The number of rotatable bonds is 4. The van der Waals surface area contributed by atoms with Crippen molar-refractivity contribution in [2.24, 2.45) is 0 Å². The van der Waals surface area contributed by atoms with E-state index in [-0.39, 0.29) is 18.6 Å². The van der Waals surface area contributed by atoms with Crippen LogP contribution in [0.5, 0.6) is 0 Å². The molecule has 0 saturated carbocycles. The van der Waals surface area contributed by atoms with Crippen LogP contribution in [0.15, 0.2) is 29.0 Å². The maximum atomic E-state index is 12.3. The molecule has 0 bridgehead atoms. The van der Waals surface area contributed by atoms with Crippen molar-refractivity contribution in [3.05, 3.63) is 44.3 Å². The first-order valence-electron chi connectivity index (χ1n) is 6.27. The molecule has 0 spiro atoms. The summed E-state index contributed by atoms with van der Waals surface area (Å²) in [5.41, 5.74) is 0.669. The number of aliphatic hydroxyl groups is 1. The second-order valence-corrected chi connectivity index (χ2v) is 5.97. The summed E-state index contributed by atoms with van der Waals surface area (Å²) in [5.74, 6) is 5.27. The minimum atomic E-state index is -0.205. The predicted molar refractivity (Wildman–Crippen MR) is 83.1 cm³/mol. The molecule has 1 unspecified atom stereocenters. The Bertz CT molecular complexity index is 620. The largest absolute Gasteiger partial charge is 0.384 e. The van der Waals surface area contributed by atoms with Crippen molar-refractivity contribution in [1.82, 2.24) is 5.32 Å². The first kappa shape index (κ1) is 14.8. The first-order valence-corrected chi connectivity index (χ1v) is 8.03. The smallest absolute Gasteiger partial charge is 0.263 e. The van der Waals surface area contributed by atoms with Gasteiger partial charge in [-0.2, -0.15) is 0 Å². The topological polar surface area (TPSA) is 49.3 Å². The average molecular weight is 305 g/mol. The summed E-state index contributed by atoms with van der Waals surface area (Å²) < 4.78 is 0. The van der Waals surface area contributed by atoms with Gasteiger partial charge in [-0.3, -0.25) is 4.79 Å². The van der Waals surface area contributed by atoms with Crippen molar-refractivity contribution < 1.29 is 9.90 Å². The monoisotopic (exact) mass is 305 g/mol. The molecule has 0 aliphatic carbocycles. The molecule has 2 aromatic rings. The van der Waals surface area contributed by atoms with Gasteiger partial charge in [-0.25, -0.2) is 0 Å². The Hall–Kier alpha value is -1.61. The highest BCUT2D eigenvalue weighted by Crippen LogP contribution is 2.23. The molecule has 0 aromatic carbocycles. The number of nitrogens with one attached hydrogen (secondary N) is 1. The van der Waals surface area contributed by atoms with Gasteiger partial charge in [-0.05, 0) is 29.3 Å². The molecule has 20 heavy (non-hydrogen) atoms. The molecule has 3 nitrogen and oxygen atoms in total. The minimum Gasteiger partial charge on any atom is -0.384 e. The van der Waals surface area contributed by atoms with Crippen LogP contribution in [0.4, 0.5) is 0 Å². The lowest BCUT2D eigenvalue weighted by Gasteiger charge is -2.15. The van der Waals surface area contributed by atoms with Crippen LogP contribution in [0.1, 0.15) is 39.5 Å². The average Bonchev–Trinajstić information content (AvgIpc) is 3.13. The number of thiophene rings is 2. The van der Waals surface area contributed by atoms with Crippen LogP contribution in [0, 0.1) is 11.8 Å². The standard InChI is InChI=1S/C15H15NO2S2/c1-2-12(13-6-4-9-19-13)16-15(18)14-11(5-3-8-17)7-10-20-14/h4,6-7,9-10,12,17H,2,8H2,1H3,(H,16,18). The highest BCUT2D eigenvalue weighted by atomic mass is 32.1. The molecule has 0 aliphatic rings. The molecule has 104 valence electrons. The van der Waals surface area contributed by atoms with E-state index in [2.05, 4.69) is 17.2 Å². The van der Waals surface area contributed by atoms with Gasteiger partial charge in [0.05, 0.1) is 6.04 Å². The zero-order valence-corrected chi connectivity index (χ0v) is 12.7. The molecule has 2 rings (SSSR count). The molecule has 2 heterocycles. The molecule has 0 radical (unpaired) electrons. The first-order chi connectivity index (χ1) is 9.76. The van der Waals surface area contributed by atoms with Crippen molar-refractivity contribution in [3.8, 4) is 11.8 Å². The zero-order valence-electron chi connectivity index (χ0n) is 11.1. The summed E-state index contributed by atoms with van der Waals surface area (Å²) in [4.78, 5) is 14.1. The van der Waals surface area contributed by atoms with Crippen LogP contribution >= 0.6 is 22.7 Å². The Morgan fingerprint density at radius 2 is 2.25 bits per heavy atom. The Kier molecular flexibility index (Phi) is 5.36. The van der Waals surface area contributed by atoms with Crippen LogP contribution in [0.2, 0.25) is 0 Å². The van der Waals surface area contributed by atoms with Crippen molar-refractivity contribution in [2.75, 3.05) is 6.61 Å². The Morgan fingerprint density at radius 3 is 2.90 bits per heavy atom. The minimum absolute atomic E-state index is 0.0308. The number of hydrogen-bond acceptors (Lipinski definition) is 4. The van der Waals surface area contributed by atoms with Crippen molar-refractivity contribution in [1.29, 1.82) is 0 Å². The van der Waals surface area contributed by atoms with E-state index < -0.39 is 0 Å². The lowest BCUT2D eigenvalue weighted by atomic mass is 10.1. The van der Waals surface area contributed by atoms with Gasteiger partial charge in [0.15, 0.2) is 0 Å². The summed E-state index contributed by atoms with van der Waals surface area (Å²) in [5, 5.41) is 15.6. The van der Waals surface area contributed by atoms with Gasteiger partial charge >= 0.3 is 0 Å². The Morgan fingerprint density at radius 1 is 1.40 bits per heavy atom. The van der Waals surface area contributed by atoms with Crippen molar-refractivity contribution in [2.45, 2.75) is 19.4 Å². The van der Waals surface area contributed by atoms with Gasteiger partial charge in [0.2, 0.25) is 0 Å². The third-order valence-electron chi connectivity index (χ3n) is 2.77. The molecule has 0 saturated heterocycles. The fraction of sp³-hybridized carbons (Fsp3) is 0.267. The SMILES string of the molecule is CCC(NC(=O)c1sccc1C#CCO)c1cccs1. The third-order valence-corrected chi connectivity index (χ3v) is 4.67. The number of carbonyl (C=O) groups excluding carboxylic acids is 1. The maximum absolute atomic E-state index is 12.3. The van der Waals surface area contributed by atoms with Gasteiger partial charge in [-0.1, -0.05) is 24.8 Å². The summed E-state index contributed by atoms with van der Waals surface area (Å²) >= 11 is 3.01. The zero-order chi connectivity index (χ0) is 14.4. The molecule has 2 aromatic heterocycles. The number of hydrogen-bond donors (Lipinski definition) is 2. The summed E-state index contributed by atoms with van der Waals surface area (Å²) in [6.07, 6.45) is 0.843. The van der Waals surface area contributed by atoms with Gasteiger partial charge in [0.1, 0.15) is 11.5 Å². The normalized spacial score (nSPS) is 11.5. The molecule has 2 N–H and O–H groups in total. The van der Waals surface area contributed by atoms with Crippen LogP contribution in [-0.4, -0.2) is 17.6 Å². The highest BCUT2D eigenvalue weighted by Gasteiger charge is 2.17. The Balaban J connectivity index is 2.14. The number of aliphatic hydroxyl groups excluding tert-OH is 1. The lowest BCUT2D eigenvalue weighted by Crippen LogP contribution is -2.27. The number of amides is 1. The van der Waals surface area contributed by atoms with Crippen LogP contribution in [0.3, 0.4) is 0 Å². The summed E-state index contributed by atoms with van der Waals surface area (Å²) in [7, 11) is 0. The van der Waals surface area contributed by atoms with Crippen LogP contribution < -0.4 is 5.32 Å². The van der Waals surface area contributed by atoms with E-state index in [1.807, 2.05) is 29.8 Å². The van der Waals surface area contributed by atoms with Crippen LogP contribution in [0.25, 0.3) is 0 Å². The van der Waals surface area contributed by atoms with E-state index in [0.717, 1.165) is 11.3 Å². The van der Waals surface area contributed by atoms with E-state index >= 15 is 0 Å². The fourth-order valence-corrected chi connectivity index (χ4v) is 3.42. The summed E-state index contributed by atoms with van der Waals surface area (Å²) in [6.45, 7) is 1.84.